The van der Waals surface area contributed by atoms with Crippen LogP contribution < -0.4 is 5.73 Å². The molecule has 5 heteroatoms. The van der Waals surface area contributed by atoms with Crippen LogP contribution in [0.2, 0.25) is 0 Å². The van der Waals surface area contributed by atoms with Crippen LogP contribution in [0.4, 0.5) is 13.2 Å². The third-order valence-corrected chi connectivity index (χ3v) is 2.55. The van der Waals surface area contributed by atoms with Crippen LogP contribution in [-0.2, 0) is 12.6 Å². The molecule has 0 saturated heterocycles. The Balaban J connectivity index is 2.23. The molecule has 0 aliphatic heterocycles. The van der Waals surface area contributed by atoms with Gasteiger partial charge in [0.05, 0.1) is 5.56 Å². The summed E-state index contributed by atoms with van der Waals surface area (Å²) in [4.78, 5) is 0. The van der Waals surface area contributed by atoms with Crippen molar-refractivity contribution in [1.82, 2.24) is 0 Å². The second kappa shape index (κ2) is 4.86. The van der Waals surface area contributed by atoms with Crippen molar-refractivity contribution in [3.8, 4) is 11.3 Å². The number of hydrogen-bond acceptors (Lipinski definition) is 2. The van der Waals surface area contributed by atoms with Gasteiger partial charge in [0.25, 0.3) is 0 Å². The Morgan fingerprint density at radius 3 is 2.22 bits per heavy atom. The molecule has 0 saturated carbocycles. The first-order valence-electron chi connectivity index (χ1n) is 5.47. The third kappa shape index (κ3) is 2.73. The van der Waals surface area contributed by atoms with E-state index in [9.17, 15) is 13.2 Å². The van der Waals surface area contributed by atoms with Crippen LogP contribution in [0.25, 0.3) is 11.3 Å². The van der Waals surface area contributed by atoms with E-state index >= 15 is 0 Å². The van der Waals surface area contributed by atoms with Gasteiger partial charge in [-0.15, -0.1) is 0 Å². The first-order chi connectivity index (χ1) is 8.50. The summed E-state index contributed by atoms with van der Waals surface area (Å²) in [7, 11) is 0. The highest BCUT2D eigenvalue weighted by Gasteiger charge is 2.30. The molecule has 18 heavy (non-hydrogen) atoms. The molecule has 0 unspecified atom stereocenters. The van der Waals surface area contributed by atoms with E-state index in [-0.39, 0.29) is 0 Å². The van der Waals surface area contributed by atoms with Crippen LogP contribution >= 0.6 is 0 Å². The number of benzene rings is 1. The van der Waals surface area contributed by atoms with Gasteiger partial charge in [0, 0.05) is 12.0 Å². The first kappa shape index (κ1) is 12.7. The summed E-state index contributed by atoms with van der Waals surface area (Å²) in [5.41, 5.74) is 5.34. The zero-order chi connectivity index (χ0) is 13.2. The highest BCUT2D eigenvalue weighted by Crippen LogP contribution is 2.31. The maximum atomic E-state index is 12.4. The molecule has 0 aliphatic rings. The van der Waals surface area contributed by atoms with Crippen molar-refractivity contribution in [2.45, 2.75) is 12.6 Å². The standard InChI is InChI=1S/C13H12F3NO/c14-13(15,16)10-3-1-9(2-4-10)12-6-5-11(18-12)7-8-17/h1-6H,7-8,17H2. The van der Waals surface area contributed by atoms with Crippen molar-refractivity contribution in [3.05, 3.63) is 47.7 Å². The largest absolute Gasteiger partial charge is 0.461 e. The molecule has 2 N–H and O–H groups in total. The van der Waals surface area contributed by atoms with Crippen LogP contribution in [0.15, 0.2) is 40.8 Å². The maximum Gasteiger partial charge on any atom is 0.416 e. The van der Waals surface area contributed by atoms with E-state index in [1.807, 2.05) is 0 Å². The molecule has 0 spiro atoms. The molecule has 0 bridgehead atoms. The Morgan fingerprint density at radius 1 is 1.00 bits per heavy atom. The highest BCUT2D eigenvalue weighted by molar-refractivity contribution is 5.58. The minimum absolute atomic E-state index is 0.472. The minimum atomic E-state index is -4.31. The highest BCUT2D eigenvalue weighted by atomic mass is 19.4. The topological polar surface area (TPSA) is 39.2 Å². The number of halogens is 3. The van der Waals surface area contributed by atoms with Gasteiger partial charge in [-0.25, -0.2) is 0 Å². The molecule has 0 fully saturated rings. The van der Waals surface area contributed by atoms with E-state index in [1.165, 1.54) is 12.1 Å². The maximum absolute atomic E-state index is 12.4. The zero-order valence-corrected chi connectivity index (χ0v) is 9.50. The van der Waals surface area contributed by atoms with Crippen LogP contribution in [0.3, 0.4) is 0 Å². The lowest BCUT2D eigenvalue weighted by Crippen LogP contribution is -2.03. The van der Waals surface area contributed by atoms with Crippen molar-refractivity contribution in [3.63, 3.8) is 0 Å². The lowest BCUT2D eigenvalue weighted by Gasteiger charge is -2.06. The Kier molecular flexibility index (Phi) is 3.43. The lowest BCUT2D eigenvalue weighted by molar-refractivity contribution is -0.137. The van der Waals surface area contributed by atoms with E-state index in [2.05, 4.69) is 0 Å². The molecule has 2 rings (SSSR count). The molecule has 0 amide bonds. The molecular weight excluding hydrogens is 243 g/mol. The van der Waals surface area contributed by atoms with Gasteiger partial charge in [-0.3, -0.25) is 0 Å². The summed E-state index contributed by atoms with van der Waals surface area (Å²) in [5.74, 6) is 1.28. The van der Waals surface area contributed by atoms with Crippen LogP contribution in [0, 0.1) is 0 Å². The number of nitrogens with two attached hydrogens (primary N) is 1. The lowest BCUT2D eigenvalue weighted by atomic mass is 10.1. The normalized spacial score (nSPS) is 11.8. The predicted molar refractivity (Wildman–Crippen MR) is 61.9 cm³/mol. The quantitative estimate of drug-likeness (QED) is 0.912. The molecule has 0 radical (unpaired) electrons. The van der Waals surface area contributed by atoms with Gasteiger partial charge in [0.2, 0.25) is 0 Å². The van der Waals surface area contributed by atoms with Crippen molar-refractivity contribution in [1.29, 1.82) is 0 Å². The summed E-state index contributed by atoms with van der Waals surface area (Å²) in [6, 6.07) is 8.39. The Labute approximate surface area is 102 Å². The van der Waals surface area contributed by atoms with Gasteiger partial charge in [-0.2, -0.15) is 13.2 Å². The van der Waals surface area contributed by atoms with Crippen LogP contribution in [-0.4, -0.2) is 6.54 Å². The van der Waals surface area contributed by atoms with Crippen LogP contribution in [0.1, 0.15) is 11.3 Å². The summed E-state index contributed by atoms with van der Waals surface area (Å²) >= 11 is 0. The van der Waals surface area contributed by atoms with E-state index in [0.717, 1.165) is 17.9 Å². The number of alkyl halides is 3. The van der Waals surface area contributed by atoms with E-state index < -0.39 is 11.7 Å². The van der Waals surface area contributed by atoms with Gasteiger partial charge >= 0.3 is 6.18 Å². The Hall–Kier alpha value is -1.75. The molecular formula is C13H12F3NO. The monoisotopic (exact) mass is 255 g/mol. The van der Waals surface area contributed by atoms with Gasteiger partial charge in [0.1, 0.15) is 11.5 Å². The fraction of sp³-hybridized carbons (Fsp3) is 0.231. The molecule has 1 aromatic heterocycles. The van der Waals surface area contributed by atoms with Gasteiger partial charge in [-0.1, -0.05) is 12.1 Å². The molecule has 0 atom stereocenters. The average Bonchev–Trinajstić information content (AvgIpc) is 2.77. The van der Waals surface area contributed by atoms with Crippen molar-refractivity contribution >= 4 is 0 Å². The number of rotatable bonds is 3. The summed E-state index contributed by atoms with van der Waals surface area (Å²) in [6.45, 7) is 0.472. The third-order valence-electron chi connectivity index (χ3n) is 2.55. The molecule has 2 aromatic rings. The first-order valence-corrected chi connectivity index (χ1v) is 5.47. The zero-order valence-electron chi connectivity index (χ0n) is 9.50. The van der Waals surface area contributed by atoms with Gasteiger partial charge in [0.15, 0.2) is 0 Å². The van der Waals surface area contributed by atoms with Crippen molar-refractivity contribution in [2.24, 2.45) is 5.73 Å². The van der Waals surface area contributed by atoms with E-state index in [1.54, 1.807) is 12.1 Å². The number of furan rings is 1. The van der Waals surface area contributed by atoms with E-state index in [0.29, 0.717) is 24.3 Å². The molecule has 2 nitrogen and oxygen atoms in total. The second-order valence-electron chi connectivity index (χ2n) is 3.88. The smallest absolute Gasteiger partial charge is 0.416 e. The Morgan fingerprint density at radius 2 is 1.67 bits per heavy atom. The fourth-order valence-corrected chi connectivity index (χ4v) is 1.63. The average molecular weight is 255 g/mol. The summed E-state index contributed by atoms with van der Waals surface area (Å²) in [6.07, 6.45) is -3.70. The summed E-state index contributed by atoms with van der Waals surface area (Å²) in [5, 5.41) is 0. The predicted octanol–water partition coefficient (Wildman–Crippen LogP) is 3.47. The molecule has 1 heterocycles. The Bertz CT molecular complexity index is 514. The van der Waals surface area contributed by atoms with Gasteiger partial charge < -0.3 is 10.2 Å². The number of hydrogen-bond donors (Lipinski definition) is 1. The second-order valence-corrected chi connectivity index (χ2v) is 3.88. The van der Waals surface area contributed by atoms with Crippen molar-refractivity contribution < 1.29 is 17.6 Å². The van der Waals surface area contributed by atoms with E-state index in [4.69, 9.17) is 10.2 Å². The summed E-state index contributed by atoms with van der Waals surface area (Å²) < 4.78 is 42.6. The molecule has 1 aromatic carbocycles. The minimum Gasteiger partial charge on any atom is -0.461 e. The molecule has 96 valence electrons. The van der Waals surface area contributed by atoms with Crippen LogP contribution in [0.5, 0.6) is 0 Å². The SMILES string of the molecule is NCCc1ccc(-c2ccc(C(F)(F)F)cc2)o1. The molecule has 0 aliphatic carbocycles. The fourth-order valence-electron chi connectivity index (χ4n) is 1.63. The van der Waals surface area contributed by atoms with Crippen molar-refractivity contribution in [2.75, 3.05) is 6.54 Å². The van der Waals surface area contributed by atoms with Gasteiger partial charge in [-0.05, 0) is 30.8 Å².